The topological polar surface area (TPSA) is 60.4 Å². The molecule has 1 rings (SSSR count). The molecule has 0 saturated heterocycles. The zero-order valence-corrected chi connectivity index (χ0v) is 9.82. The van der Waals surface area contributed by atoms with E-state index in [0.29, 0.717) is 0 Å². The van der Waals surface area contributed by atoms with Gasteiger partial charge in [0.15, 0.2) is 0 Å². The van der Waals surface area contributed by atoms with Crippen LogP contribution in [0.5, 0.6) is 0 Å². The maximum Gasteiger partial charge on any atom is 0.307 e. The van der Waals surface area contributed by atoms with Gasteiger partial charge in [-0.3, -0.25) is 4.79 Å². The molecule has 0 amide bonds. The van der Waals surface area contributed by atoms with Crippen LogP contribution in [0.3, 0.4) is 0 Å². The molecule has 0 aliphatic rings. The Hall–Kier alpha value is -1.62. The number of hydrogen-bond donors (Lipinski definition) is 0. The van der Waals surface area contributed by atoms with Gasteiger partial charge < -0.3 is 4.74 Å². The third kappa shape index (κ3) is 3.51. The maximum absolute atomic E-state index is 11.6. The quantitative estimate of drug-likeness (QED) is 0.597. The number of sulfone groups is 1. The standard InChI is InChI=1S/C11H12O4S/c1-9-3-5-11(6-4-9)16(13,14)8-7-15-10(2)12/h3-8H,1-2H3/b8-7+. The Morgan fingerprint density at radius 3 is 2.31 bits per heavy atom. The van der Waals surface area contributed by atoms with Crippen LogP contribution >= 0.6 is 0 Å². The Balaban J connectivity index is 2.90. The highest BCUT2D eigenvalue weighted by Crippen LogP contribution is 2.12. The molecule has 1 aromatic carbocycles. The van der Waals surface area contributed by atoms with Crippen molar-refractivity contribution in [3.8, 4) is 0 Å². The maximum atomic E-state index is 11.6. The molecule has 0 atom stereocenters. The Kier molecular flexibility index (Phi) is 3.84. The SMILES string of the molecule is CC(=O)O/C=C/S(=O)(=O)c1ccc(C)cc1. The van der Waals surface area contributed by atoms with Crippen LogP contribution in [0.15, 0.2) is 40.8 Å². The number of carbonyl (C=O) groups excluding carboxylic acids is 1. The third-order valence-electron chi connectivity index (χ3n) is 1.82. The summed E-state index contributed by atoms with van der Waals surface area (Å²) in [6, 6.07) is 6.41. The molecule has 0 fully saturated rings. The molecule has 4 nitrogen and oxygen atoms in total. The lowest BCUT2D eigenvalue weighted by Crippen LogP contribution is -1.97. The van der Waals surface area contributed by atoms with E-state index in [-0.39, 0.29) is 4.90 Å². The van der Waals surface area contributed by atoms with Crippen molar-refractivity contribution < 1.29 is 17.9 Å². The highest BCUT2D eigenvalue weighted by molar-refractivity contribution is 7.94. The molecule has 5 heteroatoms. The van der Waals surface area contributed by atoms with Gasteiger partial charge in [-0.1, -0.05) is 17.7 Å². The van der Waals surface area contributed by atoms with Gasteiger partial charge in [-0.2, -0.15) is 0 Å². The van der Waals surface area contributed by atoms with E-state index in [0.717, 1.165) is 17.2 Å². The van der Waals surface area contributed by atoms with E-state index < -0.39 is 15.8 Å². The summed E-state index contributed by atoms with van der Waals surface area (Å²) in [6.45, 7) is 3.06. The van der Waals surface area contributed by atoms with Crippen molar-refractivity contribution in [2.75, 3.05) is 0 Å². The smallest absolute Gasteiger partial charge is 0.307 e. The molecule has 0 spiro atoms. The summed E-state index contributed by atoms with van der Waals surface area (Å²) in [6.07, 6.45) is 0.873. The van der Waals surface area contributed by atoms with Crippen LogP contribution in [0.25, 0.3) is 0 Å². The number of benzene rings is 1. The number of ether oxygens (including phenoxy) is 1. The van der Waals surface area contributed by atoms with Crippen LogP contribution < -0.4 is 0 Å². The van der Waals surface area contributed by atoms with E-state index in [9.17, 15) is 13.2 Å². The van der Waals surface area contributed by atoms with E-state index in [1.54, 1.807) is 12.1 Å². The van der Waals surface area contributed by atoms with Crippen LogP contribution in [-0.4, -0.2) is 14.4 Å². The first-order valence-electron chi connectivity index (χ1n) is 4.57. The summed E-state index contributed by atoms with van der Waals surface area (Å²) in [5, 5.41) is 0.860. The molecule has 16 heavy (non-hydrogen) atoms. The molecule has 1 aromatic rings. The summed E-state index contributed by atoms with van der Waals surface area (Å²) in [5.41, 5.74) is 0.975. The van der Waals surface area contributed by atoms with Crippen LogP contribution in [0.2, 0.25) is 0 Å². The average Bonchev–Trinajstić information content (AvgIpc) is 2.17. The molecule has 86 valence electrons. The summed E-state index contributed by atoms with van der Waals surface area (Å²) >= 11 is 0. The molecular weight excluding hydrogens is 228 g/mol. The van der Waals surface area contributed by atoms with E-state index in [4.69, 9.17) is 0 Å². The fourth-order valence-electron chi connectivity index (χ4n) is 1.00. The highest BCUT2D eigenvalue weighted by atomic mass is 32.2. The zero-order valence-electron chi connectivity index (χ0n) is 9.01. The van der Waals surface area contributed by atoms with Crippen molar-refractivity contribution in [1.29, 1.82) is 0 Å². The monoisotopic (exact) mass is 240 g/mol. The van der Waals surface area contributed by atoms with Crippen LogP contribution in [0, 0.1) is 6.92 Å². The molecule has 0 saturated carbocycles. The Bertz CT molecular complexity index is 497. The van der Waals surface area contributed by atoms with E-state index in [1.165, 1.54) is 19.1 Å². The third-order valence-corrected chi connectivity index (χ3v) is 3.22. The van der Waals surface area contributed by atoms with Gasteiger partial charge >= 0.3 is 5.97 Å². The van der Waals surface area contributed by atoms with Crippen molar-refractivity contribution in [3.63, 3.8) is 0 Å². The molecular formula is C11H12O4S. The predicted octanol–water partition coefficient (Wildman–Crippen LogP) is 1.80. The fourth-order valence-corrected chi connectivity index (χ4v) is 1.88. The highest BCUT2D eigenvalue weighted by Gasteiger charge is 2.09. The second kappa shape index (κ2) is 4.94. The van der Waals surface area contributed by atoms with E-state index in [2.05, 4.69) is 4.74 Å². The van der Waals surface area contributed by atoms with E-state index in [1.807, 2.05) is 6.92 Å². The first kappa shape index (κ1) is 12.4. The summed E-state index contributed by atoms with van der Waals surface area (Å²) < 4.78 is 27.7. The lowest BCUT2D eigenvalue weighted by Gasteiger charge is -1.99. The molecule has 0 aliphatic heterocycles. The minimum Gasteiger partial charge on any atom is -0.434 e. The lowest BCUT2D eigenvalue weighted by atomic mass is 10.2. The largest absolute Gasteiger partial charge is 0.434 e. The Morgan fingerprint density at radius 1 is 1.25 bits per heavy atom. The molecule has 0 unspecified atom stereocenters. The summed E-state index contributed by atoms with van der Waals surface area (Å²) in [7, 11) is -3.53. The number of esters is 1. The van der Waals surface area contributed by atoms with Gasteiger partial charge in [-0.15, -0.1) is 0 Å². The zero-order chi connectivity index (χ0) is 12.2. The van der Waals surface area contributed by atoms with Crippen molar-refractivity contribution in [2.45, 2.75) is 18.7 Å². The minimum absolute atomic E-state index is 0.168. The molecule has 0 bridgehead atoms. The molecule has 0 radical (unpaired) electrons. The Morgan fingerprint density at radius 2 is 1.81 bits per heavy atom. The van der Waals surface area contributed by atoms with Gasteiger partial charge in [0, 0.05) is 6.92 Å². The van der Waals surface area contributed by atoms with Gasteiger partial charge in [0.1, 0.15) is 6.26 Å². The molecule has 0 N–H and O–H groups in total. The average molecular weight is 240 g/mol. The summed E-state index contributed by atoms with van der Waals surface area (Å²) in [5.74, 6) is -0.560. The van der Waals surface area contributed by atoms with Crippen LogP contribution in [0.4, 0.5) is 0 Å². The van der Waals surface area contributed by atoms with Crippen molar-refractivity contribution in [1.82, 2.24) is 0 Å². The van der Waals surface area contributed by atoms with Crippen LogP contribution in [0.1, 0.15) is 12.5 Å². The van der Waals surface area contributed by atoms with Gasteiger partial charge in [0.25, 0.3) is 0 Å². The number of carbonyl (C=O) groups is 1. The fraction of sp³-hybridized carbons (Fsp3) is 0.182. The number of rotatable bonds is 3. The first-order chi connectivity index (χ1) is 7.42. The lowest BCUT2D eigenvalue weighted by molar-refractivity contribution is -0.135. The van der Waals surface area contributed by atoms with E-state index >= 15 is 0 Å². The first-order valence-corrected chi connectivity index (χ1v) is 6.12. The molecule has 0 aliphatic carbocycles. The minimum atomic E-state index is -3.53. The van der Waals surface area contributed by atoms with Crippen LogP contribution in [-0.2, 0) is 19.4 Å². The van der Waals surface area contributed by atoms with Crippen molar-refractivity contribution in [2.24, 2.45) is 0 Å². The molecule has 0 aromatic heterocycles. The Labute approximate surface area is 94.5 Å². The number of aryl methyl sites for hydroxylation is 1. The van der Waals surface area contributed by atoms with Gasteiger partial charge in [-0.25, -0.2) is 8.42 Å². The van der Waals surface area contributed by atoms with Crippen molar-refractivity contribution >= 4 is 15.8 Å². The van der Waals surface area contributed by atoms with Gasteiger partial charge in [0.05, 0.1) is 10.3 Å². The normalized spacial score (nSPS) is 11.6. The second-order valence-electron chi connectivity index (χ2n) is 3.24. The number of hydrogen-bond acceptors (Lipinski definition) is 4. The summed E-state index contributed by atoms with van der Waals surface area (Å²) in [4.78, 5) is 10.6. The second-order valence-corrected chi connectivity index (χ2v) is 5.07. The van der Waals surface area contributed by atoms with Gasteiger partial charge in [0.2, 0.25) is 9.84 Å². The molecule has 0 heterocycles. The van der Waals surface area contributed by atoms with Crippen molar-refractivity contribution in [3.05, 3.63) is 41.5 Å². The van der Waals surface area contributed by atoms with Gasteiger partial charge in [-0.05, 0) is 19.1 Å². The predicted molar refractivity (Wildman–Crippen MR) is 59.3 cm³/mol.